The number of nitrogens with one attached hydrogen (secondary N) is 3. The van der Waals surface area contributed by atoms with E-state index in [1.54, 1.807) is 0 Å². The summed E-state index contributed by atoms with van der Waals surface area (Å²) >= 11 is 0. The van der Waals surface area contributed by atoms with Crippen LogP contribution in [0.3, 0.4) is 0 Å². The number of hydrogen-bond acceptors (Lipinski definition) is 3. The first-order valence-corrected chi connectivity index (χ1v) is 9.70. The van der Waals surface area contributed by atoms with Crippen LogP contribution in [0.1, 0.15) is 64.7 Å². The Labute approximate surface area is 146 Å². The summed E-state index contributed by atoms with van der Waals surface area (Å²) in [6.45, 7) is 5.35. The molecule has 6 heteroatoms. The summed E-state index contributed by atoms with van der Waals surface area (Å²) in [5.41, 5.74) is 0. The molecule has 1 saturated carbocycles. The Kier molecular flexibility index (Phi) is 8.36. The van der Waals surface area contributed by atoms with Gasteiger partial charge in [-0.05, 0) is 32.6 Å². The monoisotopic (exact) mass is 338 g/mol. The van der Waals surface area contributed by atoms with Gasteiger partial charge < -0.3 is 20.9 Å². The Morgan fingerprint density at radius 2 is 1.92 bits per heavy atom. The molecule has 0 aromatic carbocycles. The number of piperazine rings is 1. The van der Waals surface area contributed by atoms with Crippen molar-refractivity contribution >= 4 is 11.9 Å². The zero-order valence-electron chi connectivity index (χ0n) is 15.1. The van der Waals surface area contributed by atoms with E-state index < -0.39 is 0 Å². The predicted molar refractivity (Wildman–Crippen MR) is 95.9 cm³/mol. The lowest BCUT2D eigenvalue weighted by Gasteiger charge is -2.32. The molecule has 2 fully saturated rings. The van der Waals surface area contributed by atoms with Gasteiger partial charge in [0.05, 0.1) is 0 Å². The van der Waals surface area contributed by atoms with E-state index in [2.05, 4.69) is 22.9 Å². The molecular formula is C18H34N4O2. The van der Waals surface area contributed by atoms with Crippen molar-refractivity contribution in [3.05, 3.63) is 0 Å². The fraction of sp³-hybridized carbons (Fsp3) is 0.889. The van der Waals surface area contributed by atoms with Crippen LogP contribution in [0.25, 0.3) is 0 Å². The third-order valence-corrected chi connectivity index (χ3v) is 5.01. The normalized spacial score (nSPS) is 22.2. The van der Waals surface area contributed by atoms with Crippen molar-refractivity contribution in [1.29, 1.82) is 0 Å². The molecule has 1 unspecified atom stereocenters. The molecular weight excluding hydrogens is 304 g/mol. The predicted octanol–water partition coefficient (Wildman–Crippen LogP) is 2.00. The maximum absolute atomic E-state index is 12.1. The van der Waals surface area contributed by atoms with Gasteiger partial charge in [0, 0.05) is 44.7 Å². The molecule has 24 heavy (non-hydrogen) atoms. The maximum atomic E-state index is 12.1. The molecule has 1 saturated heterocycles. The molecule has 0 aromatic heterocycles. The van der Waals surface area contributed by atoms with E-state index in [0.29, 0.717) is 25.0 Å². The first kappa shape index (κ1) is 19.0. The third-order valence-electron chi connectivity index (χ3n) is 5.01. The molecule has 1 aliphatic heterocycles. The molecule has 1 heterocycles. The van der Waals surface area contributed by atoms with Crippen LogP contribution >= 0.6 is 0 Å². The number of carbonyl (C=O) groups is 2. The van der Waals surface area contributed by atoms with Crippen molar-refractivity contribution in [3.8, 4) is 0 Å². The molecule has 2 rings (SSSR count). The number of unbranched alkanes of at least 4 members (excludes halogenated alkanes) is 2. The number of nitrogens with zero attached hydrogens (tertiary/aromatic N) is 1. The van der Waals surface area contributed by atoms with Gasteiger partial charge in [0.2, 0.25) is 5.91 Å². The summed E-state index contributed by atoms with van der Waals surface area (Å²) in [5, 5.41) is 9.34. The van der Waals surface area contributed by atoms with Crippen molar-refractivity contribution in [2.45, 2.75) is 76.8 Å². The van der Waals surface area contributed by atoms with Crippen molar-refractivity contribution in [1.82, 2.24) is 20.9 Å². The fourth-order valence-electron chi connectivity index (χ4n) is 3.58. The van der Waals surface area contributed by atoms with Crippen molar-refractivity contribution in [3.63, 3.8) is 0 Å². The van der Waals surface area contributed by atoms with E-state index in [1.807, 2.05) is 4.90 Å². The average molecular weight is 338 g/mol. The van der Waals surface area contributed by atoms with Crippen LogP contribution in [-0.2, 0) is 4.79 Å². The molecule has 1 aliphatic carbocycles. The number of hydrogen-bond donors (Lipinski definition) is 3. The van der Waals surface area contributed by atoms with Crippen LogP contribution in [0.15, 0.2) is 0 Å². The van der Waals surface area contributed by atoms with Gasteiger partial charge >= 0.3 is 6.03 Å². The number of amides is 3. The summed E-state index contributed by atoms with van der Waals surface area (Å²) in [4.78, 5) is 25.9. The molecule has 0 aromatic rings. The van der Waals surface area contributed by atoms with Gasteiger partial charge in [-0.1, -0.05) is 25.7 Å². The van der Waals surface area contributed by atoms with Crippen LogP contribution in [0.4, 0.5) is 4.79 Å². The third kappa shape index (κ3) is 7.07. The van der Waals surface area contributed by atoms with E-state index in [0.717, 1.165) is 51.7 Å². The Bertz CT molecular complexity index is 396. The second kappa shape index (κ2) is 10.5. The smallest absolute Gasteiger partial charge is 0.315 e. The SMILES string of the molecule is CC1CN(C(=O)CCCCCNC(=O)NC2CCCCC2)CCN1. The maximum Gasteiger partial charge on any atom is 0.315 e. The van der Waals surface area contributed by atoms with Gasteiger partial charge in [0.15, 0.2) is 0 Å². The molecule has 3 amide bonds. The first-order chi connectivity index (χ1) is 11.6. The summed E-state index contributed by atoms with van der Waals surface area (Å²) in [7, 11) is 0. The highest BCUT2D eigenvalue weighted by molar-refractivity contribution is 5.76. The van der Waals surface area contributed by atoms with Gasteiger partial charge in [-0.15, -0.1) is 0 Å². The molecule has 1 atom stereocenters. The van der Waals surface area contributed by atoms with E-state index in [4.69, 9.17) is 0 Å². The molecule has 0 radical (unpaired) electrons. The minimum Gasteiger partial charge on any atom is -0.340 e. The van der Waals surface area contributed by atoms with Crippen LogP contribution in [0, 0.1) is 0 Å². The molecule has 0 spiro atoms. The van der Waals surface area contributed by atoms with Gasteiger partial charge in [0.1, 0.15) is 0 Å². The zero-order valence-corrected chi connectivity index (χ0v) is 15.1. The Morgan fingerprint density at radius 1 is 1.12 bits per heavy atom. The summed E-state index contributed by atoms with van der Waals surface area (Å²) in [5.74, 6) is 0.270. The van der Waals surface area contributed by atoms with Crippen LogP contribution < -0.4 is 16.0 Å². The molecule has 2 aliphatic rings. The Hall–Kier alpha value is -1.30. The second-order valence-electron chi connectivity index (χ2n) is 7.24. The highest BCUT2D eigenvalue weighted by atomic mass is 16.2. The minimum absolute atomic E-state index is 0.0345. The van der Waals surface area contributed by atoms with Crippen LogP contribution in [0.2, 0.25) is 0 Å². The van der Waals surface area contributed by atoms with Crippen molar-refractivity contribution < 1.29 is 9.59 Å². The Balaban J connectivity index is 1.46. The standard InChI is InChI=1S/C18H34N4O2/c1-15-14-22(13-12-19-15)17(23)10-6-3-7-11-20-18(24)21-16-8-4-2-5-9-16/h15-16,19H,2-14H2,1H3,(H2,20,21,24). The van der Waals surface area contributed by atoms with E-state index in [-0.39, 0.29) is 11.9 Å². The van der Waals surface area contributed by atoms with E-state index in [1.165, 1.54) is 19.3 Å². The van der Waals surface area contributed by atoms with Gasteiger partial charge in [-0.2, -0.15) is 0 Å². The lowest BCUT2D eigenvalue weighted by Crippen LogP contribution is -2.51. The van der Waals surface area contributed by atoms with Gasteiger partial charge in [-0.25, -0.2) is 4.79 Å². The molecule has 0 bridgehead atoms. The number of carbonyl (C=O) groups excluding carboxylic acids is 2. The second-order valence-corrected chi connectivity index (χ2v) is 7.24. The highest BCUT2D eigenvalue weighted by Crippen LogP contribution is 2.17. The number of rotatable bonds is 7. The number of urea groups is 1. The van der Waals surface area contributed by atoms with Crippen LogP contribution in [0.5, 0.6) is 0 Å². The Morgan fingerprint density at radius 3 is 2.67 bits per heavy atom. The lowest BCUT2D eigenvalue weighted by atomic mass is 9.96. The minimum atomic E-state index is -0.0345. The van der Waals surface area contributed by atoms with Crippen molar-refractivity contribution in [2.75, 3.05) is 26.2 Å². The van der Waals surface area contributed by atoms with E-state index in [9.17, 15) is 9.59 Å². The highest BCUT2D eigenvalue weighted by Gasteiger charge is 2.19. The fourth-order valence-corrected chi connectivity index (χ4v) is 3.58. The molecule has 138 valence electrons. The zero-order chi connectivity index (χ0) is 17.2. The van der Waals surface area contributed by atoms with Gasteiger partial charge in [0.25, 0.3) is 0 Å². The van der Waals surface area contributed by atoms with Gasteiger partial charge in [-0.3, -0.25) is 4.79 Å². The first-order valence-electron chi connectivity index (χ1n) is 9.70. The van der Waals surface area contributed by atoms with Crippen molar-refractivity contribution in [2.24, 2.45) is 0 Å². The summed E-state index contributed by atoms with van der Waals surface area (Å²) in [6, 6.07) is 0.722. The molecule has 3 N–H and O–H groups in total. The average Bonchev–Trinajstić information content (AvgIpc) is 2.58. The quantitative estimate of drug-likeness (QED) is 0.622. The molecule has 6 nitrogen and oxygen atoms in total. The summed E-state index contributed by atoms with van der Waals surface area (Å²) < 4.78 is 0. The largest absolute Gasteiger partial charge is 0.340 e. The van der Waals surface area contributed by atoms with Crippen LogP contribution in [-0.4, -0.2) is 55.1 Å². The topological polar surface area (TPSA) is 73.5 Å². The van der Waals surface area contributed by atoms with E-state index >= 15 is 0 Å². The summed E-state index contributed by atoms with van der Waals surface area (Å²) in [6.07, 6.45) is 9.42. The lowest BCUT2D eigenvalue weighted by molar-refractivity contribution is -0.132.